The molecule has 1 amide bonds. The molecular formula is C57H107NO5. The van der Waals surface area contributed by atoms with Gasteiger partial charge in [-0.25, -0.2) is 0 Å². The number of carbonyl (C=O) groups is 2. The number of unbranched alkanes of at least 4 members (excludes halogenated alkanes) is 34. The lowest BCUT2D eigenvalue weighted by Crippen LogP contribution is -2.45. The first-order chi connectivity index (χ1) is 31.0. The zero-order chi connectivity index (χ0) is 45.8. The van der Waals surface area contributed by atoms with Gasteiger partial charge in [0.1, 0.15) is 0 Å². The van der Waals surface area contributed by atoms with Crippen molar-refractivity contribution in [2.75, 3.05) is 13.2 Å². The highest BCUT2D eigenvalue weighted by Gasteiger charge is 2.20. The average molecular weight is 886 g/mol. The number of ether oxygens (including phenoxy) is 1. The number of aliphatic hydroxyl groups excluding tert-OH is 2. The van der Waals surface area contributed by atoms with Crippen molar-refractivity contribution in [1.29, 1.82) is 0 Å². The van der Waals surface area contributed by atoms with E-state index in [4.69, 9.17) is 4.74 Å². The van der Waals surface area contributed by atoms with E-state index in [-0.39, 0.29) is 18.5 Å². The summed E-state index contributed by atoms with van der Waals surface area (Å²) in [6, 6.07) is -0.548. The molecule has 2 atom stereocenters. The van der Waals surface area contributed by atoms with Crippen LogP contribution in [0.5, 0.6) is 0 Å². The number of esters is 1. The van der Waals surface area contributed by atoms with E-state index in [1.54, 1.807) is 0 Å². The van der Waals surface area contributed by atoms with Gasteiger partial charge in [-0.1, -0.05) is 230 Å². The number of nitrogens with one attached hydrogen (secondary N) is 1. The summed E-state index contributed by atoms with van der Waals surface area (Å²) in [7, 11) is 0. The first kappa shape index (κ1) is 61.1. The third kappa shape index (κ3) is 49.4. The average Bonchev–Trinajstić information content (AvgIpc) is 3.28. The molecule has 0 aliphatic rings. The van der Waals surface area contributed by atoms with Crippen LogP contribution in [0, 0.1) is 0 Å². The molecule has 0 saturated heterocycles. The zero-order valence-corrected chi connectivity index (χ0v) is 42.1. The maximum atomic E-state index is 12.4. The fourth-order valence-corrected chi connectivity index (χ4v) is 8.37. The topological polar surface area (TPSA) is 95.9 Å². The van der Waals surface area contributed by atoms with Crippen LogP contribution in [0.2, 0.25) is 0 Å². The summed E-state index contributed by atoms with van der Waals surface area (Å²) in [4.78, 5) is 24.5. The SMILES string of the molecule is CCCCC/C=C\C/C=C\CCCCCCCC(=O)OCCCCCCCCCC/C=C\CCCCCCCCCC(=O)NC(CO)C(O)CCCCCCCCCCCCCC. The molecule has 6 nitrogen and oxygen atoms in total. The Morgan fingerprint density at radius 3 is 1.25 bits per heavy atom. The van der Waals surface area contributed by atoms with Gasteiger partial charge in [-0.2, -0.15) is 0 Å². The van der Waals surface area contributed by atoms with E-state index < -0.39 is 12.1 Å². The van der Waals surface area contributed by atoms with Gasteiger partial charge in [0.25, 0.3) is 0 Å². The van der Waals surface area contributed by atoms with Gasteiger partial charge in [0, 0.05) is 12.8 Å². The maximum absolute atomic E-state index is 12.4. The van der Waals surface area contributed by atoms with Crippen LogP contribution in [0.1, 0.15) is 290 Å². The van der Waals surface area contributed by atoms with Crippen molar-refractivity contribution < 1.29 is 24.5 Å². The Morgan fingerprint density at radius 1 is 0.444 bits per heavy atom. The van der Waals surface area contributed by atoms with Crippen LogP contribution >= 0.6 is 0 Å². The van der Waals surface area contributed by atoms with Gasteiger partial charge in [0.15, 0.2) is 0 Å². The van der Waals surface area contributed by atoms with Crippen LogP contribution in [0.25, 0.3) is 0 Å². The van der Waals surface area contributed by atoms with E-state index >= 15 is 0 Å². The minimum Gasteiger partial charge on any atom is -0.466 e. The second kappa shape index (κ2) is 52.7. The first-order valence-corrected chi connectivity index (χ1v) is 27.7. The van der Waals surface area contributed by atoms with Gasteiger partial charge in [-0.15, -0.1) is 0 Å². The van der Waals surface area contributed by atoms with Gasteiger partial charge >= 0.3 is 5.97 Å². The van der Waals surface area contributed by atoms with E-state index in [9.17, 15) is 19.8 Å². The van der Waals surface area contributed by atoms with E-state index in [0.29, 0.717) is 25.9 Å². The number of hydrogen-bond acceptors (Lipinski definition) is 5. The highest BCUT2D eigenvalue weighted by Crippen LogP contribution is 2.16. The quantitative estimate of drug-likeness (QED) is 0.0321. The smallest absolute Gasteiger partial charge is 0.305 e. The molecular weight excluding hydrogens is 779 g/mol. The molecule has 0 fully saturated rings. The number of hydrogen-bond donors (Lipinski definition) is 3. The Kier molecular flexibility index (Phi) is 51.1. The van der Waals surface area contributed by atoms with E-state index in [2.05, 4.69) is 55.6 Å². The monoisotopic (exact) mass is 886 g/mol. The lowest BCUT2D eigenvalue weighted by molar-refractivity contribution is -0.143. The van der Waals surface area contributed by atoms with E-state index in [0.717, 1.165) is 57.8 Å². The van der Waals surface area contributed by atoms with Gasteiger partial charge in [-0.05, 0) is 83.5 Å². The molecule has 0 saturated carbocycles. The molecule has 0 radical (unpaired) electrons. The largest absolute Gasteiger partial charge is 0.466 e. The number of carbonyl (C=O) groups excluding carboxylic acids is 2. The molecule has 0 rings (SSSR count). The van der Waals surface area contributed by atoms with E-state index in [1.807, 2.05) is 0 Å². The molecule has 0 aliphatic carbocycles. The van der Waals surface area contributed by atoms with Crippen molar-refractivity contribution in [3.8, 4) is 0 Å². The highest BCUT2D eigenvalue weighted by atomic mass is 16.5. The van der Waals surface area contributed by atoms with E-state index in [1.165, 1.54) is 199 Å². The summed E-state index contributed by atoms with van der Waals surface area (Å²) >= 11 is 0. The Balaban J connectivity index is 3.44. The molecule has 370 valence electrons. The summed E-state index contributed by atoms with van der Waals surface area (Å²) in [5.74, 6) is -0.0563. The number of amides is 1. The molecule has 0 spiro atoms. The standard InChI is InChI=1S/C57H107NO5/c1-3-5-7-9-11-13-15-17-23-27-31-35-39-43-47-51-57(62)63-52-48-44-40-36-32-28-25-22-20-18-19-21-24-26-30-34-38-42-46-50-56(61)58-54(53-59)55(60)49-45-41-37-33-29-16-14-12-10-8-6-4-2/h11,13,17-19,23,54-55,59-60H,3-10,12,14-16,20-22,24-53H2,1-2H3,(H,58,61)/b13-11-,19-18-,23-17-. The Bertz CT molecular complexity index is 1020. The minimum absolute atomic E-state index is 0.0104. The van der Waals surface area contributed by atoms with Gasteiger partial charge in [0.2, 0.25) is 5.91 Å². The van der Waals surface area contributed by atoms with Gasteiger partial charge < -0.3 is 20.3 Å². The van der Waals surface area contributed by atoms with Crippen LogP contribution in [0.4, 0.5) is 0 Å². The highest BCUT2D eigenvalue weighted by molar-refractivity contribution is 5.76. The predicted octanol–water partition coefficient (Wildman–Crippen LogP) is 16.9. The number of aliphatic hydroxyl groups is 2. The summed E-state index contributed by atoms with van der Waals surface area (Å²) in [5, 5.41) is 23.2. The molecule has 2 unspecified atom stereocenters. The third-order valence-electron chi connectivity index (χ3n) is 12.7. The van der Waals surface area contributed by atoms with Gasteiger partial charge in [-0.3, -0.25) is 9.59 Å². The van der Waals surface area contributed by atoms with Crippen LogP contribution in [-0.4, -0.2) is 47.4 Å². The lowest BCUT2D eigenvalue weighted by Gasteiger charge is -2.22. The molecule has 0 aromatic heterocycles. The fourth-order valence-electron chi connectivity index (χ4n) is 8.37. The van der Waals surface area contributed by atoms with Crippen molar-refractivity contribution in [2.24, 2.45) is 0 Å². The minimum atomic E-state index is -0.670. The van der Waals surface area contributed by atoms with Crippen LogP contribution in [0.15, 0.2) is 36.5 Å². The molecule has 0 aromatic carbocycles. The summed E-state index contributed by atoms with van der Waals surface area (Å²) < 4.78 is 5.46. The van der Waals surface area contributed by atoms with Crippen molar-refractivity contribution in [3.05, 3.63) is 36.5 Å². The summed E-state index contributed by atoms with van der Waals surface area (Å²) in [6.07, 6.45) is 64.1. The second-order valence-electron chi connectivity index (χ2n) is 18.9. The van der Waals surface area contributed by atoms with Crippen molar-refractivity contribution in [1.82, 2.24) is 5.32 Å². The van der Waals surface area contributed by atoms with Crippen molar-refractivity contribution in [2.45, 2.75) is 302 Å². The molecule has 0 bridgehead atoms. The maximum Gasteiger partial charge on any atom is 0.305 e. The molecule has 0 heterocycles. The molecule has 3 N–H and O–H groups in total. The number of allylic oxidation sites excluding steroid dienone is 6. The fraction of sp³-hybridized carbons (Fsp3) is 0.860. The van der Waals surface area contributed by atoms with Crippen LogP contribution in [-0.2, 0) is 14.3 Å². The van der Waals surface area contributed by atoms with Crippen LogP contribution in [0.3, 0.4) is 0 Å². The Labute approximate surface area is 392 Å². The summed E-state index contributed by atoms with van der Waals surface area (Å²) in [6.45, 7) is 4.90. The Morgan fingerprint density at radius 2 is 0.794 bits per heavy atom. The summed E-state index contributed by atoms with van der Waals surface area (Å²) in [5.41, 5.74) is 0. The van der Waals surface area contributed by atoms with Crippen molar-refractivity contribution in [3.63, 3.8) is 0 Å². The zero-order valence-electron chi connectivity index (χ0n) is 42.1. The Hall–Kier alpha value is -1.92. The predicted molar refractivity (Wildman–Crippen MR) is 273 cm³/mol. The van der Waals surface area contributed by atoms with Gasteiger partial charge in [0.05, 0.1) is 25.4 Å². The molecule has 0 aromatic rings. The molecule has 0 aliphatic heterocycles. The van der Waals surface area contributed by atoms with Crippen molar-refractivity contribution >= 4 is 11.9 Å². The second-order valence-corrected chi connectivity index (χ2v) is 18.9. The van der Waals surface area contributed by atoms with Crippen LogP contribution < -0.4 is 5.32 Å². The first-order valence-electron chi connectivity index (χ1n) is 27.7. The molecule has 63 heavy (non-hydrogen) atoms. The number of rotatable bonds is 51. The third-order valence-corrected chi connectivity index (χ3v) is 12.7. The molecule has 6 heteroatoms. The lowest BCUT2D eigenvalue weighted by atomic mass is 10.0. The normalized spacial score (nSPS) is 12.9.